The van der Waals surface area contributed by atoms with Gasteiger partial charge in [0.05, 0.1) is 30.8 Å². The Morgan fingerprint density at radius 2 is 2.06 bits per heavy atom. The van der Waals surface area contributed by atoms with Crippen molar-refractivity contribution in [2.75, 3.05) is 51.5 Å². The number of rotatable bonds is 4. The van der Waals surface area contributed by atoms with Crippen LogP contribution < -0.4 is 4.90 Å². The van der Waals surface area contributed by atoms with Crippen LogP contribution in [0.4, 0.5) is 10.1 Å². The maximum absolute atomic E-state index is 12.1. The maximum Gasteiger partial charge on any atom is 0.138 e. The van der Waals surface area contributed by atoms with E-state index in [1.165, 1.54) is 11.3 Å². The highest BCUT2D eigenvalue weighted by Gasteiger charge is 2.12. The molecule has 31 heavy (non-hydrogen) atoms. The maximum atomic E-state index is 12.1. The van der Waals surface area contributed by atoms with Crippen LogP contribution in [0.25, 0.3) is 11.0 Å². The molecule has 4 rings (SSSR count). The quantitative estimate of drug-likeness (QED) is 0.740. The zero-order valence-corrected chi connectivity index (χ0v) is 18.6. The Bertz CT molecular complexity index is 1020. The van der Waals surface area contributed by atoms with Crippen LogP contribution in [0.3, 0.4) is 0 Å². The third kappa shape index (κ3) is 6.47. The molecule has 0 bridgehead atoms. The first kappa shape index (κ1) is 22.6. The number of allylic oxidation sites excluding steroid dienone is 5. The molecule has 3 heterocycles. The van der Waals surface area contributed by atoms with Gasteiger partial charge in [-0.05, 0) is 38.0 Å². The van der Waals surface area contributed by atoms with Crippen molar-refractivity contribution in [2.24, 2.45) is 0 Å². The normalized spacial score (nSPS) is 15.8. The molecule has 0 atom stereocenters. The number of H-pyrrole nitrogens is 1. The number of anilines is 1. The predicted octanol–water partition coefficient (Wildman–Crippen LogP) is 4.45. The molecule has 0 unspecified atom stereocenters. The third-order valence-electron chi connectivity index (χ3n) is 5.25. The van der Waals surface area contributed by atoms with Crippen molar-refractivity contribution in [2.45, 2.75) is 20.3 Å². The molecule has 1 aliphatic carbocycles. The van der Waals surface area contributed by atoms with Crippen LogP contribution in [0.15, 0.2) is 53.9 Å². The van der Waals surface area contributed by atoms with Gasteiger partial charge < -0.3 is 19.5 Å². The standard InChI is InChI=1S/C14H15N3O.C11H16FN/c1-2-3-12-8-11-9-13(10-15-14(11)16-12)17-4-6-18-7-5-17;1-10-4-3-5-11(7-6-10)13(2)9-8-12/h8-10H,4-7H2,1H3,(H,15,16);3-4,6-7H,5,8-9H2,1-2H3. The Kier molecular flexibility index (Phi) is 8.31. The molecular weight excluding hydrogens is 391 g/mol. The van der Waals surface area contributed by atoms with E-state index < -0.39 is 0 Å². The number of nitrogens with one attached hydrogen (secondary N) is 1. The molecule has 0 amide bonds. The number of fused-ring (bicyclic) bond motifs is 1. The highest BCUT2D eigenvalue weighted by molar-refractivity contribution is 5.81. The van der Waals surface area contributed by atoms with Crippen molar-refractivity contribution in [3.8, 4) is 11.8 Å². The average molecular weight is 423 g/mol. The van der Waals surface area contributed by atoms with Gasteiger partial charge in [-0.3, -0.25) is 0 Å². The van der Waals surface area contributed by atoms with E-state index in [1.807, 2.05) is 31.1 Å². The molecule has 0 saturated carbocycles. The third-order valence-corrected chi connectivity index (χ3v) is 5.25. The molecular formula is C25H31FN4O. The van der Waals surface area contributed by atoms with E-state index in [4.69, 9.17) is 4.74 Å². The van der Waals surface area contributed by atoms with Gasteiger partial charge in [-0.25, -0.2) is 9.37 Å². The number of nitrogens with zero attached hydrogens (tertiary/aromatic N) is 3. The predicted molar refractivity (Wildman–Crippen MR) is 126 cm³/mol. The zero-order valence-electron chi connectivity index (χ0n) is 18.6. The van der Waals surface area contributed by atoms with Crippen molar-refractivity contribution in [3.05, 3.63) is 59.6 Å². The summed E-state index contributed by atoms with van der Waals surface area (Å²) in [5, 5.41) is 1.11. The summed E-state index contributed by atoms with van der Waals surface area (Å²) in [6.45, 7) is 7.52. The Morgan fingerprint density at radius 3 is 2.81 bits per heavy atom. The van der Waals surface area contributed by atoms with Crippen molar-refractivity contribution in [1.82, 2.24) is 14.9 Å². The van der Waals surface area contributed by atoms with Crippen LogP contribution in [-0.2, 0) is 4.74 Å². The molecule has 2 aromatic rings. The first-order valence-electron chi connectivity index (χ1n) is 10.7. The Hall–Kier alpha value is -3.04. The lowest BCUT2D eigenvalue weighted by molar-refractivity contribution is 0.122. The molecule has 0 spiro atoms. The van der Waals surface area contributed by atoms with Crippen LogP contribution in [-0.4, -0.2) is 61.4 Å². The summed E-state index contributed by atoms with van der Waals surface area (Å²) in [4.78, 5) is 11.9. The fourth-order valence-corrected chi connectivity index (χ4v) is 3.47. The molecule has 1 N–H and O–H groups in total. The molecule has 1 fully saturated rings. The number of hydrogen-bond acceptors (Lipinski definition) is 4. The summed E-state index contributed by atoms with van der Waals surface area (Å²) < 4.78 is 17.4. The number of aromatic amines is 1. The smallest absolute Gasteiger partial charge is 0.138 e. The van der Waals surface area contributed by atoms with Crippen molar-refractivity contribution in [1.29, 1.82) is 0 Å². The summed E-state index contributed by atoms with van der Waals surface area (Å²) in [5.41, 5.74) is 5.37. The van der Waals surface area contributed by atoms with Crippen molar-refractivity contribution < 1.29 is 9.13 Å². The van der Waals surface area contributed by atoms with Gasteiger partial charge in [-0.1, -0.05) is 29.7 Å². The van der Waals surface area contributed by atoms with Gasteiger partial charge in [-0.2, -0.15) is 0 Å². The number of pyridine rings is 1. The SMILES string of the molecule is CC#Cc1cc2cc(N3CCOCC3)cnc2[nH]1.CC1=CC=C(N(C)CCF)CC=C1. The molecule has 6 heteroatoms. The Labute approximate surface area is 184 Å². The fourth-order valence-electron chi connectivity index (χ4n) is 3.47. The van der Waals surface area contributed by atoms with E-state index in [2.05, 4.69) is 64.0 Å². The van der Waals surface area contributed by atoms with Gasteiger partial charge in [0.25, 0.3) is 0 Å². The zero-order chi connectivity index (χ0) is 22.1. The fraction of sp³-hybridized carbons (Fsp3) is 0.400. The van der Waals surface area contributed by atoms with Crippen LogP contribution in [0.5, 0.6) is 0 Å². The second-order valence-corrected chi connectivity index (χ2v) is 7.57. The number of halogens is 1. The molecule has 1 aliphatic heterocycles. The molecule has 2 aromatic heterocycles. The van der Waals surface area contributed by atoms with Gasteiger partial charge >= 0.3 is 0 Å². The average Bonchev–Trinajstić information content (AvgIpc) is 3.06. The monoisotopic (exact) mass is 422 g/mol. The van der Waals surface area contributed by atoms with Crippen molar-refractivity contribution in [3.63, 3.8) is 0 Å². The molecule has 1 saturated heterocycles. The van der Waals surface area contributed by atoms with Gasteiger partial charge in [0.2, 0.25) is 0 Å². The van der Waals surface area contributed by atoms with E-state index in [0.29, 0.717) is 6.54 Å². The number of alkyl halides is 1. The largest absolute Gasteiger partial charge is 0.378 e. The lowest BCUT2D eigenvalue weighted by Gasteiger charge is -2.28. The highest BCUT2D eigenvalue weighted by atomic mass is 19.1. The summed E-state index contributed by atoms with van der Waals surface area (Å²) in [5.74, 6) is 5.90. The lowest BCUT2D eigenvalue weighted by atomic mass is 10.2. The van der Waals surface area contributed by atoms with Crippen LogP contribution >= 0.6 is 0 Å². The van der Waals surface area contributed by atoms with E-state index in [0.717, 1.165) is 55.1 Å². The highest BCUT2D eigenvalue weighted by Crippen LogP contribution is 2.21. The Morgan fingerprint density at radius 1 is 1.26 bits per heavy atom. The molecule has 5 nitrogen and oxygen atoms in total. The molecule has 0 radical (unpaired) electrons. The molecule has 2 aliphatic rings. The van der Waals surface area contributed by atoms with Gasteiger partial charge in [0.15, 0.2) is 0 Å². The van der Waals surface area contributed by atoms with E-state index >= 15 is 0 Å². The van der Waals surface area contributed by atoms with E-state index in [1.54, 1.807) is 0 Å². The van der Waals surface area contributed by atoms with Gasteiger partial charge in [0.1, 0.15) is 12.3 Å². The topological polar surface area (TPSA) is 44.4 Å². The first-order chi connectivity index (χ1) is 15.1. The summed E-state index contributed by atoms with van der Waals surface area (Å²) in [7, 11) is 1.92. The minimum absolute atomic E-state index is 0.291. The number of hydrogen-bond donors (Lipinski definition) is 1. The number of ether oxygens (including phenoxy) is 1. The Balaban J connectivity index is 0.000000187. The summed E-state index contributed by atoms with van der Waals surface area (Å²) in [6.07, 6.45) is 11.1. The summed E-state index contributed by atoms with van der Waals surface area (Å²) in [6, 6.07) is 4.20. The van der Waals surface area contributed by atoms with E-state index in [-0.39, 0.29) is 6.67 Å². The van der Waals surface area contributed by atoms with Gasteiger partial charge in [-0.15, -0.1) is 0 Å². The second-order valence-electron chi connectivity index (χ2n) is 7.57. The second kappa shape index (κ2) is 11.4. The minimum Gasteiger partial charge on any atom is -0.378 e. The summed E-state index contributed by atoms with van der Waals surface area (Å²) >= 11 is 0. The van der Waals surface area contributed by atoms with Crippen LogP contribution in [0, 0.1) is 11.8 Å². The van der Waals surface area contributed by atoms with E-state index in [9.17, 15) is 4.39 Å². The molecule has 164 valence electrons. The van der Waals surface area contributed by atoms with Gasteiger partial charge in [0, 0.05) is 44.2 Å². The minimum atomic E-state index is -0.291. The van der Waals surface area contributed by atoms with Crippen LogP contribution in [0.1, 0.15) is 26.0 Å². The van der Waals surface area contributed by atoms with Crippen LogP contribution in [0.2, 0.25) is 0 Å². The number of aromatic nitrogens is 2. The number of morpholine rings is 1. The first-order valence-corrected chi connectivity index (χ1v) is 10.7. The molecule has 0 aromatic carbocycles. The lowest BCUT2D eigenvalue weighted by Crippen LogP contribution is -2.36. The van der Waals surface area contributed by atoms with Crippen molar-refractivity contribution >= 4 is 16.7 Å².